The van der Waals surface area contributed by atoms with Crippen molar-refractivity contribution in [2.24, 2.45) is 0 Å². The number of anilines is 2. The zero-order chi connectivity index (χ0) is 14.0. The van der Waals surface area contributed by atoms with Gasteiger partial charge in [-0.15, -0.1) is 0 Å². The van der Waals surface area contributed by atoms with Crippen molar-refractivity contribution in [2.45, 2.75) is 11.8 Å². The zero-order valence-corrected chi connectivity index (χ0v) is 11.4. The predicted molar refractivity (Wildman–Crippen MR) is 73.2 cm³/mol. The van der Waals surface area contributed by atoms with Crippen molar-refractivity contribution in [2.75, 3.05) is 17.1 Å². The number of nitrogens with two attached hydrogens (primary N) is 1. The third-order valence-electron chi connectivity index (χ3n) is 2.70. The second kappa shape index (κ2) is 4.85. The molecular formula is C12H14N4O2S. The van der Waals surface area contributed by atoms with Crippen molar-refractivity contribution in [3.05, 3.63) is 42.2 Å². The second-order valence-corrected chi connectivity index (χ2v) is 6.05. The first-order valence-corrected chi connectivity index (χ1v) is 6.98. The fourth-order valence-electron chi connectivity index (χ4n) is 1.51. The summed E-state index contributed by atoms with van der Waals surface area (Å²) in [5.74, 6) is 0.0388. The minimum Gasteiger partial charge on any atom is -0.368 e. The van der Waals surface area contributed by atoms with Crippen molar-refractivity contribution in [1.29, 1.82) is 0 Å². The van der Waals surface area contributed by atoms with Gasteiger partial charge in [0.15, 0.2) is 0 Å². The summed E-state index contributed by atoms with van der Waals surface area (Å²) in [5, 5.41) is 0. The SMILES string of the molecule is Cc1ccc(N(C)S(=O)(=O)c2cnc(N)nc2)cc1. The van der Waals surface area contributed by atoms with Gasteiger partial charge in [-0.3, -0.25) is 4.31 Å². The molecule has 7 heteroatoms. The summed E-state index contributed by atoms with van der Waals surface area (Å²) in [5.41, 5.74) is 6.98. The molecule has 1 heterocycles. The van der Waals surface area contributed by atoms with E-state index in [4.69, 9.17) is 5.73 Å². The van der Waals surface area contributed by atoms with Crippen LogP contribution in [0.15, 0.2) is 41.6 Å². The number of nitrogen functional groups attached to an aromatic ring is 1. The predicted octanol–water partition coefficient (Wildman–Crippen LogP) is 1.19. The van der Waals surface area contributed by atoms with Gasteiger partial charge < -0.3 is 5.73 Å². The number of sulfonamides is 1. The smallest absolute Gasteiger partial charge is 0.267 e. The summed E-state index contributed by atoms with van der Waals surface area (Å²) in [4.78, 5) is 7.40. The van der Waals surface area contributed by atoms with Gasteiger partial charge in [-0.25, -0.2) is 18.4 Å². The number of aromatic nitrogens is 2. The molecule has 0 aliphatic heterocycles. The van der Waals surface area contributed by atoms with Crippen molar-refractivity contribution in [3.63, 3.8) is 0 Å². The van der Waals surface area contributed by atoms with E-state index in [1.54, 1.807) is 12.1 Å². The molecule has 0 fully saturated rings. The number of aryl methyl sites for hydroxylation is 1. The van der Waals surface area contributed by atoms with Crippen molar-refractivity contribution >= 4 is 21.7 Å². The molecule has 0 saturated heterocycles. The topological polar surface area (TPSA) is 89.2 Å². The first-order chi connectivity index (χ1) is 8.91. The second-order valence-electron chi connectivity index (χ2n) is 4.09. The lowest BCUT2D eigenvalue weighted by Crippen LogP contribution is -2.26. The lowest BCUT2D eigenvalue weighted by Gasteiger charge is -2.19. The average Bonchev–Trinajstić information content (AvgIpc) is 2.39. The van der Waals surface area contributed by atoms with Crippen molar-refractivity contribution < 1.29 is 8.42 Å². The minimum atomic E-state index is -3.67. The summed E-state index contributed by atoms with van der Waals surface area (Å²) in [7, 11) is -2.19. The lowest BCUT2D eigenvalue weighted by molar-refractivity contribution is 0.593. The van der Waals surface area contributed by atoms with E-state index in [0.717, 1.165) is 5.56 Å². The molecule has 1 aromatic heterocycles. The fraction of sp³-hybridized carbons (Fsp3) is 0.167. The normalized spacial score (nSPS) is 11.3. The molecule has 0 bridgehead atoms. The van der Waals surface area contributed by atoms with Gasteiger partial charge in [0.25, 0.3) is 10.0 Å². The van der Waals surface area contributed by atoms with Crippen LogP contribution in [0.25, 0.3) is 0 Å². The third kappa shape index (κ3) is 2.65. The van der Waals surface area contributed by atoms with Crippen LogP contribution in [-0.4, -0.2) is 25.4 Å². The van der Waals surface area contributed by atoms with E-state index >= 15 is 0 Å². The molecule has 0 aliphatic rings. The Balaban J connectivity index is 2.39. The molecule has 2 aromatic rings. The Kier molecular flexibility index (Phi) is 3.39. The molecule has 1 aromatic carbocycles. The van der Waals surface area contributed by atoms with E-state index < -0.39 is 10.0 Å². The number of hydrogen-bond donors (Lipinski definition) is 1. The Morgan fingerprint density at radius 3 is 2.16 bits per heavy atom. The summed E-state index contributed by atoms with van der Waals surface area (Å²) in [6, 6.07) is 7.18. The van der Waals surface area contributed by atoms with E-state index in [-0.39, 0.29) is 10.8 Å². The Morgan fingerprint density at radius 1 is 1.11 bits per heavy atom. The largest absolute Gasteiger partial charge is 0.368 e. The van der Waals surface area contributed by atoms with Crippen LogP contribution in [-0.2, 0) is 10.0 Å². The first-order valence-electron chi connectivity index (χ1n) is 5.54. The molecule has 19 heavy (non-hydrogen) atoms. The minimum absolute atomic E-state index is 0.00442. The van der Waals surface area contributed by atoms with Crippen molar-refractivity contribution in [3.8, 4) is 0 Å². The van der Waals surface area contributed by atoms with Gasteiger partial charge in [-0.05, 0) is 19.1 Å². The Labute approximate surface area is 112 Å². The van der Waals surface area contributed by atoms with Gasteiger partial charge in [-0.2, -0.15) is 0 Å². The van der Waals surface area contributed by atoms with E-state index in [2.05, 4.69) is 9.97 Å². The van der Waals surface area contributed by atoms with Gasteiger partial charge in [0.05, 0.1) is 18.1 Å². The Bertz CT molecular complexity index is 666. The molecule has 0 radical (unpaired) electrons. The number of benzene rings is 1. The van der Waals surface area contributed by atoms with Crippen LogP contribution in [0.4, 0.5) is 11.6 Å². The molecule has 100 valence electrons. The van der Waals surface area contributed by atoms with Gasteiger partial charge in [-0.1, -0.05) is 17.7 Å². The summed E-state index contributed by atoms with van der Waals surface area (Å²) in [6.45, 7) is 1.94. The Hall–Kier alpha value is -2.15. The first kappa shape index (κ1) is 13.3. The standard InChI is InChI=1S/C12H14N4O2S/c1-9-3-5-10(6-4-9)16(2)19(17,18)11-7-14-12(13)15-8-11/h3-8H,1-2H3,(H2,13,14,15). The van der Waals surface area contributed by atoms with Gasteiger partial charge >= 0.3 is 0 Å². The third-order valence-corrected chi connectivity index (χ3v) is 4.44. The van der Waals surface area contributed by atoms with E-state index in [9.17, 15) is 8.42 Å². The van der Waals surface area contributed by atoms with Crippen LogP contribution in [0.5, 0.6) is 0 Å². The van der Waals surface area contributed by atoms with Gasteiger partial charge in [0.2, 0.25) is 5.95 Å². The molecule has 0 atom stereocenters. The molecule has 6 nitrogen and oxygen atoms in total. The molecule has 2 rings (SSSR count). The highest BCUT2D eigenvalue weighted by atomic mass is 32.2. The number of hydrogen-bond acceptors (Lipinski definition) is 5. The van der Waals surface area contributed by atoms with Crippen LogP contribution in [0.2, 0.25) is 0 Å². The van der Waals surface area contributed by atoms with Crippen LogP contribution in [0.3, 0.4) is 0 Å². The maximum atomic E-state index is 12.3. The quantitative estimate of drug-likeness (QED) is 0.911. The molecule has 0 aliphatic carbocycles. The summed E-state index contributed by atoms with van der Waals surface area (Å²) >= 11 is 0. The number of rotatable bonds is 3. The monoisotopic (exact) mass is 278 g/mol. The van der Waals surface area contributed by atoms with Gasteiger partial charge in [0, 0.05) is 7.05 Å². The lowest BCUT2D eigenvalue weighted by atomic mass is 10.2. The Morgan fingerprint density at radius 2 is 1.63 bits per heavy atom. The molecular weight excluding hydrogens is 264 g/mol. The maximum Gasteiger partial charge on any atom is 0.267 e. The zero-order valence-electron chi connectivity index (χ0n) is 10.6. The molecule has 0 unspecified atom stereocenters. The van der Waals surface area contributed by atoms with E-state index in [0.29, 0.717) is 5.69 Å². The maximum absolute atomic E-state index is 12.3. The van der Waals surface area contributed by atoms with E-state index in [1.165, 1.54) is 23.7 Å². The van der Waals surface area contributed by atoms with Crippen LogP contribution < -0.4 is 10.0 Å². The highest BCUT2D eigenvalue weighted by Gasteiger charge is 2.21. The highest BCUT2D eigenvalue weighted by molar-refractivity contribution is 7.92. The molecule has 0 amide bonds. The molecule has 2 N–H and O–H groups in total. The summed E-state index contributed by atoms with van der Waals surface area (Å²) in [6.07, 6.45) is 2.39. The average molecular weight is 278 g/mol. The van der Waals surface area contributed by atoms with Crippen LogP contribution in [0.1, 0.15) is 5.56 Å². The number of nitrogens with zero attached hydrogens (tertiary/aromatic N) is 3. The van der Waals surface area contributed by atoms with Gasteiger partial charge in [0.1, 0.15) is 4.90 Å². The van der Waals surface area contributed by atoms with Crippen LogP contribution in [0, 0.1) is 6.92 Å². The van der Waals surface area contributed by atoms with Crippen LogP contribution >= 0.6 is 0 Å². The fourth-order valence-corrected chi connectivity index (χ4v) is 2.60. The molecule has 0 saturated carbocycles. The summed E-state index contributed by atoms with van der Waals surface area (Å²) < 4.78 is 25.8. The van der Waals surface area contributed by atoms with Crippen molar-refractivity contribution in [1.82, 2.24) is 9.97 Å². The van der Waals surface area contributed by atoms with E-state index in [1.807, 2.05) is 19.1 Å². The molecule has 0 spiro atoms. The highest BCUT2D eigenvalue weighted by Crippen LogP contribution is 2.21.